The number of non-ortho nitro benzene ring substituents is 1. The molecule has 19 heavy (non-hydrogen) atoms. The Bertz CT molecular complexity index is 618. The molecule has 98 valence electrons. The van der Waals surface area contributed by atoms with Crippen molar-refractivity contribution < 1.29 is 4.92 Å². The zero-order valence-corrected chi connectivity index (χ0v) is 12.3. The predicted molar refractivity (Wildman–Crippen MR) is 80.9 cm³/mol. The predicted octanol–water partition coefficient (Wildman–Crippen LogP) is 3.37. The Kier molecular flexibility index (Phi) is 4.25. The second-order valence-corrected chi connectivity index (χ2v) is 4.65. The molecule has 0 aliphatic heterocycles. The molecule has 0 fully saturated rings. The SMILES string of the molecule is Cc1cnc(CI)nc1Nc1cccc([N+](=O)[O-])c1. The van der Waals surface area contributed by atoms with E-state index in [9.17, 15) is 10.1 Å². The smallest absolute Gasteiger partial charge is 0.271 e. The van der Waals surface area contributed by atoms with Crippen molar-refractivity contribution >= 4 is 39.8 Å². The molecule has 7 heteroatoms. The summed E-state index contributed by atoms with van der Waals surface area (Å²) in [5.41, 5.74) is 1.57. The van der Waals surface area contributed by atoms with Crippen LogP contribution in [-0.2, 0) is 4.43 Å². The first kappa shape index (κ1) is 13.7. The molecule has 0 saturated carbocycles. The third-order valence-electron chi connectivity index (χ3n) is 2.46. The van der Waals surface area contributed by atoms with E-state index in [1.807, 2.05) is 6.92 Å². The van der Waals surface area contributed by atoms with Gasteiger partial charge in [0.15, 0.2) is 0 Å². The van der Waals surface area contributed by atoms with Gasteiger partial charge in [-0.15, -0.1) is 0 Å². The van der Waals surface area contributed by atoms with Crippen molar-refractivity contribution in [2.24, 2.45) is 0 Å². The van der Waals surface area contributed by atoms with E-state index < -0.39 is 4.92 Å². The average Bonchev–Trinajstić information content (AvgIpc) is 2.41. The molecule has 0 spiro atoms. The molecule has 0 amide bonds. The number of nitrogens with zero attached hydrogens (tertiary/aromatic N) is 3. The molecule has 1 heterocycles. The maximum atomic E-state index is 10.7. The molecule has 0 radical (unpaired) electrons. The Morgan fingerprint density at radius 3 is 2.95 bits per heavy atom. The molecule has 0 bridgehead atoms. The summed E-state index contributed by atoms with van der Waals surface area (Å²) in [6, 6.07) is 6.33. The van der Waals surface area contributed by atoms with E-state index in [4.69, 9.17) is 0 Å². The second kappa shape index (κ2) is 5.91. The van der Waals surface area contributed by atoms with Crippen LogP contribution < -0.4 is 5.32 Å². The average molecular weight is 370 g/mol. The lowest BCUT2D eigenvalue weighted by Gasteiger charge is -2.09. The van der Waals surface area contributed by atoms with E-state index in [0.29, 0.717) is 15.9 Å². The quantitative estimate of drug-likeness (QED) is 0.386. The van der Waals surface area contributed by atoms with Gasteiger partial charge < -0.3 is 5.32 Å². The van der Waals surface area contributed by atoms with Gasteiger partial charge in [0, 0.05) is 29.6 Å². The van der Waals surface area contributed by atoms with Crippen LogP contribution in [0.1, 0.15) is 11.4 Å². The van der Waals surface area contributed by atoms with Gasteiger partial charge in [-0.3, -0.25) is 10.1 Å². The Morgan fingerprint density at radius 1 is 1.47 bits per heavy atom. The van der Waals surface area contributed by atoms with Crippen LogP contribution in [0, 0.1) is 17.0 Å². The molecule has 1 aromatic heterocycles. The van der Waals surface area contributed by atoms with Crippen molar-refractivity contribution in [1.82, 2.24) is 9.97 Å². The van der Waals surface area contributed by atoms with Crippen molar-refractivity contribution in [3.8, 4) is 0 Å². The molecule has 1 N–H and O–H groups in total. The number of nitrogens with one attached hydrogen (secondary N) is 1. The molecule has 1 aromatic carbocycles. The second-order valence-electron chi connectivity index (χ2n) is 3.88. The number of aryl methyl sites for hydroxylation is 1. The number of rotatable bonds is 4. The maximum Gasteiger partial charge on any atom is 0.271 e. The van der Waals surface area contributed by atoms with Crippen molar-refractivity contribution in [1.29, 1.82) is 0 Å². The minimum absolute atomic E-state index is 0.0471. The van der Waals surface area contributed by atoms with Crippen LogP contribution >= 0.6 is 22.6 Å². The monoisotopic (exact) mass is 370 g/mol. The van der Waals surface area contributed by atoms with Crippen LogP contribution in [0.15, 0.2) is 30.5 Å². The van der Waals surface area contributed by atoms with Crippen molar-refractivity contribution in [2.45, 2.75) is 11.4 Å². The minimum Gasteiger partial charge on any atom is -0.340 e. The summed E-state index contributed by atoms with van der Waals surface area (Å²) >= 11 is 2.18. The highest BCUT2D eigenvalue weighted by Gasteiger charge is 2.08. The Morgan fingerprint density at radius 2 is 2.26 bits per heavy atom. The normalized spacial score (nSPS) is 10.2. The number of hydrogen-bond acceptors (Lipinski definition) is 5. The summed E-state index contributed by atoms with van der Waals surface area (Å²) in [4.78, 5) is 18.8. The van der Waals surface area contributed by atoms with Gasteiger partial charge in [-0.25, -0.2) is 9.97 Å². The fourth-order valence-corrected chi connectivity index (χ4v) is 1.87. The van der Waals surface area contributed by atoms with Gasteiger partial charge in [-0.2, -0.15) is 0 Å². The van der Waals surface area contributed by atoms with Crippen LogP contribution in [0.5, 0.6) is 0 Å². The first-order chi connectivity index (χ1) is 9.10. The van der Waals surface area contributed by atoms with Gasteiger partial charge in [-0.1, -0.05) is 28.7 Å². The zero-order chi connectivity index (χ0) is 13.8. The number of anilines is 2. The number of halogens is 1. The molecule has 0 saturated heterocycles. The molecule has 2 rings (SSSR count). The van der Waals surface area contributed by atoms with Crippen molar-refractivity contribution in [3.05, 3.63) is 52.0 Å². The summed E-state index contributed by atoms with van der Waals surface area (Å²) in [6.07, 6.45) is 1.74. The van der Waals surface area contributed by atoms with Crippen molar-refractivity contribution in [2.75, 3.05) is 5.32 Å². The lowest BCUT2D eigenvalue weighted by atomic mass is 10.2. The van der Waals surface area contributed by atoms with Gasteiger partial charge in [0.05, 0.1) is 9.35 Å². The highest BCUT2D eigenvalue weighted by atomic mass is 127. The van der Waals surface area contributed by atoms with E-state index in [1.54, 1.807) is 18.3 Å². The van der Waals surface area contributed by atoms with Crippen LogP contribution in [-0.4, -0.2) is 14.9 Å². The molecule has 0 aliphatic rings. The minimum atomic E-state index is -0.422. The number of alkyl halides is 1. The first-order valence-electron chi connectivity index (χ1n) is 5.50. The van der Waals surface area contributed by atoms with E-state index in [-0.39, 0.29) is 5.69 Å². The topological polar surface area (TPSA) is 81.0 Å². The fourth-order valence-electron chi connectivity index (χ4n) is 1.50. The molecule has 6 nitrogen and oxygen atoms in total. The van der Waals surface area contributed by atoms with Crippen LogP contribution in [0.4, 0.5) is 17.2 Å². The van der Waals surface area contributed by atoms with Gasteiger partial charge in [0.2, 0.25) is 0 Å². The van der Waals surface area contributed by atoms with Crippen LogP contribution in [0.25, 0.3) is 0 Å². The number of benzene rings is 1. The largest absolute Gasteiger partial charge is 0.340 e. The summed E-state index contributed by atoms with van der Waals surface area (Å²) < 4.78 is 0.710. The number of nitro benzene ring substituents is 1. The van der Waals surface area contributed by atoms with Gasteiger partial charge in [-0.05, 0) is 13.0 Å². The number of nitro groups is 1. The highest BCUT2D eigenvalue weighted by Crippen LogP contribution is 2.22. The summed E-state index contributed by atoms with van der Waals surface area (Å²) in [7, 11) is 0. The van der Waals surface area contributed by atoms with Gasteiger partial charge in [0.1, 0.15) is 11.6 Å². The molecule has 2 aromatic rings. The zero-order valence-electron chi connectivity index (χ0n) is 10.1. The molecule has 0 unspecified atom stereocenters. The molecule has 0 atom stereocenters. The van der Waals surface area contributed by atoms with E-state index in [0.717, 1.165) is 11.4 Å². The highest BCUT2D eigenvalue weighted by molar-refractivity contribution is 14.1. The standard InChI is InChI=1S/C12H11IN4O2/c1-8-7-14-11(6-13)16-12(8)15-9-3-2-4-10(5-9)17(18)19/h2-5,7H,6H2,1H3,(H,14,15,16). The molecular formula is C12H11IN4O2. The van der Waals surface area contributed by atoms with E-state index in [1.165, 1.54) is 12.1 Å². The van der Waals surface area contributed by atoms with E-state index >= 15 is 0 Å². The van der Waals surface area contributed by atoms with Crippen LogP contribution in [0.2, 0.25) is 0 Å². The third kappa shape index (κ3) is 3.37. The fraction of sp³-hybridized carbons (Fsp3) is 0.167. The Balaban J connectivity index is 2.30. The summed E-state index contributed by atoms with van der Waals surface area (Å²) in [5, 5.41) is 13.8. The summed E-state index contributed by atoms with van der Waals surface area (Å²) in [6.45, 7) is 1.89. The van der Waals surface area contributed by atoms with Gasteiger partial charge in [0.25, 0.3) is 5.69 Å². The number of aromatic nitrogens is 2. The first-order valence-corrected chi connectivity index (χ1v) is 7.02. The Labute approximate surface area is 123 Å². The third-order valence-corrected chi connectivity index (χ3v) is 3.14. The number of hydrogen-bond donors (Lipinski definition) is 1. The maximum absolute atomic E-state index is 10.7. The molecular weight excluding hydrogens is 359 g/mol. The van der Waals surface area contributed by atoms with Crippen molar-refractivity contribution in [3.63, 3.8) is 0 Å². The van der Waals surface area contributed by atoms with Gasteiger partial charge >= 0.3 is 0 Å². The lowest BCUT2D eigenvalue weighted by molar-refractivity contribution is -0.384. The summed E-state index contributed by atoms with van der Waals surface area (Å²) in [5.74, 6) is 1.39. The van der Waals surface area contributed by atoms with Crippen LogP contribution in [0.3, 0.4) is 0 Å². The lowest BCUT2D eigenvalue weighted by Crippen LogP contribution is -2.01. The Hall–Kier alpha value is -1.77. The van der Waals surface area contributed by atoms with E-state index in [2.05, 4.69) is 37.9 Å². The molecule has 0 aliphatic carbocycles.